The van der Waals surface area contributed by atoms with Crippen molar-refractivity contribution < 1.29 is 12.8 Å². The van der Waals surface area contributed by atoms with Crippen molar-refractivity contribution in [2.45, 2.75) is 23.2 Å². The van der Waals surface area contributed by atoms with E-state index in [4.69, 9.17) is 11.6 Å². The van der Waals surface area contributed by atoms with Gasteiger partial charge in [0.25, 0.3) is 0 Å². The molecule has 1 fully saturated rings. The molecule has 1 aliphatic rings. The van der Waals surface area contributed by atoms with Crippen molar-refractivity contribution in [3.8, 4) is 0 Å². The highest BCUT2D eigenvalue weighted by Crippen LogP contribution is 2.47. The summed E-state index contributed by atoms with van der Waals surface area (Å²) in [6, 6.07) is 12.6. The first-order valence-corrected chi connectivity index (χ1v) is 8.79. The first kappa shape index (κ1) is 15.5. The summed E-state index contributed by atoms with van der Waals surface area (Å²) in [5.74, 6) is -0.295. The summed E-state index contributed by atoms with van der Waals surface area (Å²) >= 11 is 5.95. The number of hydrogen-bond acceptors (Lipinski definition) is 2. The molecule has 0 aliphatic heterocycles. The fraction of sp³-hybridized carbons (Fsp3) is 0.250. The Hall–Kier alpha value is -1.43. The van der Waals surface area contributed by atoms with Gasteiger partial charge in [0.05, 0.1) is 5.02 Å². The monoisotopic (exact) mass is 339 g/mol. The van der Waals surface area contributed by atoms with E-state index in [0.717, 1.165) is 18.4 Å². The second kappa shape index (κ2) is 5.65. The number of rotatable bonds is 5. The molecule has 0 bridgehead atoms. The predicted molar refractivity (Wildman–Crippen MR) is 84.0 cm³/mol. The molecule has 0 aromatic heterocycles. The van der Waals surface area contributed by atoms with Crippen LogP contribution < -0.4 is 4.72 Å². The minimum absolute atomic E-state index is 0.0755. The molecule has 116 valence electrons. The van der Waals surface area contributed by atoms with Crippen LogP contribution in [-0.2, 0) is 15.4 Å². The van der Waals surface area contributed by atoms with Crippen molar-refractivity contribution >= 4 is 21.6 Å². The van der Waals surface area contributed by atoms with E-state index in [1.807, 2.05) is 0 Å². The van der Waals surface area contributed by atoms with Gasteiger partial charge in [-0.1, -0.05) is 35.9 Å². The van der Waals surface area contributed by atoms with E-state index < -0.39 is 10.0 Å². The lowest BCUT2D eigenvalue weighted by Crippen LogP contribution is -2.32. The zero-order chi connectivity index (χ0) is 15.8. The number of hydrogen-bond donors (Lipinski definition) is 1. The average Bonchev–Trinajstić information content (AvgIpc) is 3.27. The molecule has 0 amide bonds. The first-order valence-electron chi connectivity index (χ1n) is 6.93. The molecule has 3 nitrogen and oxygen atoms in total. The zero-order valence-electron chi connectivity index (χ0n) is 11.7. The molecule has 0 radical (unpaired) electrons. The molecule has 2 aromatic rings. The lowest BCUT2D eigenvalue weighted by molar-refractivity contribution is 0.566. The van der Waals surface area contributed by atoms with Crippen LogP contribution >= 0.6 is 11.6 Å². The van der Waals surface area contributed by atoms with E-state index in [0.29, 0.717) is 0 Å². The van der Waals surface area contributed by atoms with Gasteiger partial charge in [0.15, 0.2) is 0 Å². The number of sulfonamides is 1. The minimum atomic E-state index is -3.66. The van der Waals surface area contributed by atoms with Gasteiger partial charge in [0, 0.05) is 12.0 Å². The molecule has 0 unspecified atom stereocenters. The SMILES string of the molecule is O=S(=O)(NCC1(c2ccc(F)cc2)CC1)c1ccccc1Cl. The maximum Gasteiger partial charge on any atom is 0.242 e. The smallest absolute Gasteiger partial charge is 0.210 e. The maximum absolute atomic E-state index is 13.0. The van der Waals surface area contributed by atoms with Gasteiger partial charge in [-0.3, -0.25) is 0 Å². The Bertz CT molecular complexity index is 786. The van der Waals surface area contributed by atoms with Crippen molar-refractivity contribution in [2.24, 2.45) is 0 Å². The van der Waals surface area contributed by atoms with Crippen LogP contribution in [0.15, 0.2) is 53.4 Å². The fourth-order valence-electron chi connectivity index (χ4n) is 2.50. The molecule has 0 saturated heterocycles. The van der Waals surface area contributed by atoms with Gasteiger partial charge in [0.1, 0.15) is 10.7 Å². The third kappa shape index (κ3) is 3.02. The zero-order valence-corrected chi connectivity index (χ0v) is 13.3. The Labute approximate surface area is 134 Å². The Balaban J connectivity index is 1.77. The van der Waals surface area contributed by atoms with Crippen LogP contribution in [0, 0.1) is 5.82 Å². The van der Waals surface area contributed by atoms with Crippen LogP contribution in [0.3, 0.4) is 0 Å². The molecule has 6 heteroatoms. The van der Waals surface area contributed by atoms with Crippen LogP contribution in [0.1, 0.15) is 18.4 Å². The minimum Gasteiger partial charge on any atom is -0.210 e. The van der Waals surface area contributed by atoms with Crippen LogP contribution in [0.4, 0.5) is 4.39 Å². The molecule has 0 spiro atoms. The standard InChI is InChI=1S/C16H15ClFNO2S/c17-14-3-1-2-4-15(14)22(20,21)19-11-16(9-10-16)12-5-7-13(18)8-6-12/h1-8,19H,9-11H2. The molecule has 0 heterocycles. The Morgan fingerprint density at radius 3 is 2.32 bits per heavy atom. The lowest BCUT2D eigenvalue weighted by Gasteiger charge is -2.17. The highest BCUT2D eigenvalue weighted by molar-refractivity contribution is 7.89. The second-order valence-electron chi connectivity index (χ2n) is 5.54. The number of halogens is 2. The highest BCUT2D eigenvalue weighted by atomic mass is 35.5. The fourth-order valence-corrected chi connectivity index (χ4v) is 4.14. The van der Waals surface area contributed by atoms with Gasteiger partial charge in [0.2, 0.25) is 10.0 Å². The topological polar surface area (TPSA) is 46.2 Å². The van der Waals surface area contributed by atoms with Crippen molar-refractivity contribution in [3.63, 3.8) is 0 Å². The summed E-state index contributed by atoms with van der Waals surface area (Å²) in [6.07, 6.45) is 1.76. The molecular weight excluding hydrogens is 325 g/mol. The number of nitrogens with one attached hydrogen (secondary N) is 1. The Morgan fingerprint density at radius 2 is 1.73 bits per heavy atom. The van der Waals surface area contributed by atoms with Gasteiger partial charge in [-0.2, -0.15) is 0 Å². The molecule has 3 rings (SSSR count). The second-order valence-corrected chi connectivity index (χ2v) is 7.68. The van der Waals surface area contributed by atoms with Crippen LogP contribution in [0.5, 0.6) is 0 Å². The third-order valence-corrected chi connectivity index (χ3v) is 5.94. The predicted octanol–water partition coefficient (Wildman–Crippen LogP) is 3.49. The molecule has 1 aliphatic carbocycles. The summed E-state index contributed by atoms with van der Waals surface area (Å²) in [7, 11) is -3.66. The number of benzene rings is 2. The quantitative estimate of drug-likeness (QED) is 0.906. The van der Waals surface area contributed by atoms with E-state index in [1.54, 1.807) is 30.3 Å². The van der Waals surface area contributed by atoms with Crippen LogP contribution in [-0.4, -0.2) is 15.0 Å². The lowest BCUT2D eigenvalue weighted by atomic mass is 9.96. The van der Waals surface area contributed by atoms with E-state index >= 15 is 0 Å². The van der Waals surface area contributed by atoms with Crippen LogP contribution in [0.2, 0.25) is 5.02 Å². The van der Waals surface area contributed by atoms with E-state index in [1.165, 1.54) is 18.2 Å². The van der Waals surface area contributed by atoms with Crippen molar-refractivity contribution in [3.05, 3.63) is 64.9 Å². The normalized spacial score (nSPS) is 16.5. The summed E-state index contributed by atoms with van der Waals surface area (Å²) in [4.78, 5) is 0.0755. The molecule has 1 N–H and O–H groups in total. The van der Waals surface area contributed by atoms with Crippen LogP contribution in [0.25, 0.3) is 0 Å². The Kier molecular flexibility index (Phi) is 3.97. The van der Waals surface area contributed by atoms with Crippen molar-refractivity contribution in [1.82, 2.24) is 4.72 Å². The van der Waals surface area contributed by atoms with Gasteiger partial charge < -0.3 is 0 Å². The average molecular weight is 340 g/mol. The van der Waals surface area contributed by atoms with Gasteiger partial charge in [-0.15, -0.1) is 0 Å². The van der Waals surface area contributed by atoms with E-state index in [-0.39, 0.29) is 27.7 Å². The molecule has 0 atom stereocenters. The van der Waals surface area contributed by atoms with E-state index in [2.05, 4.69) is 4.72 Å². The molecular formula is C16H15ClFNO2S. The van der Waals surface area contributed by atoms with Gasteiger partial charge >= 0.3 is 0 Å². The largest absolute Gasteiger partial charge is 0.242 e. The maximum atomic E-state index is 13.0. The molecule has 1 saturated carbocycles. The van der Waals surface area contributed by atoms with Crippen molar-refractivity contribution in [1.29, 1.82) is 0 Å². The summed E-state index contributed by atoms with van der Waals surface area (Å²) in [5.41, 5.74) is 0.720. The third-order valence-electron chi connectivity index (χ3n) is 4.04. The first-order chi connectivity index (χ1) is 10.4. The molecule has 22 heavy (non-hydrogen) atoms. The Morgan fingerprint density at radius 1 is 1.09 bits per heavy atom. The van der Waals surface area contributed by atoms with Gasteiger partial charge in [-0.25, -0.2) is 17.5 Å². The van der Waals surface area contributed by atoms with E-state index in [9.17, 15) is 12.8 Å². The molecule has 2 aromatic carbocycles. The van der Waals surface area contributed by atoms with Gasteiger partial charge in [-0.05, 0) is 42.7 Å². The summed E-state index contributed by atoms with van der Waals surface area (Å²) in [5, 5.41) is 0.196. The summed E-state index contributed by atoms with van der Waals surface area (Å²) < 4.78 is 40.4. The summed E-state index contributed by atoms with van der Waals surface area (Å²) in [6.45, 7) is 0.284. The highest BCUT2D eigenvalue weighted by Gasteiger charge is 2.44. The van der Waals surface area contributed by atoms with Crippen molar-refractivity contribution in [2.75, 3.05) is 6.54 Å².